The number of fused-ring (bicyclic) bond motifs is 5. The van der Waals surface area contributed by atoms with Crippen LogP contribution in [0.1, 0.15) is 0 Å². The van der Waals surface area contributed by atoms with Gasteiger partial charge in [-0.15, -0.1) is 0 Å². The maximum absolute atomic E-state index is 14.7. The van der Waals surface area contributed by atoms with Crippen molar-refractivity contribution in [1.82, 2.24) is 9.38 Å². The third-order valence-corrected chi connectivity index (χ3v) is 11.4. The summed E-state index contributed by atoms with van der Waals surface area (Å²) in [6, 6.07) is 55.6. The Kier molecular flexibility index (Phi) is 6.06. The van der Waals surface area contributed by atoms with Crippen molar-refractivity contribution >= 4 is 50.6 Å². The van der Waals surface area contributed by atoms with Crippen LogP contribution in [0.25, 0.3) is 49.8 Å². The van der Waals surface area contributed by atoms with E-state index >= 15 is 0 Å². The molecule has 0 saturated carbocycles. The number of hydrogen-bond donors (Lipinski definition) is 0. The van der Waals surface area contributed by atoms with E-state index in [0.29, 0.717) is 0 Å². The molecule has 0 amide bonds. The lowest BCUT2D eigenvalue weighted by atomic mass is 9.99. The molecule has 0 aliphatic heterocycles. The molecule has 0 aliphatic rings. The molecule has 0 spiro atoms. The van der Waals surface area contributed by atoms with Gasteiger partial charge in [-0.2, -0.15) is 0 Å². The van der Waals surface area contributed by atoms with Gasteiger partial charge in [-0.1, -0.05) is 133 Å². The molecule has 0 atom stereocenters. The van der Waals surface area contributed by atoms with Crippen molar-refractivity contribution in [1.29, 1.82) is 0 Å². The van der Waals surface area contributed by atoms with E-state index in [9.17, 15) is 4.57 Å². The number of benzene rings is 6. The summed E-state index contributed by atoms with van der Waals surface area (Å²) in [6.45, 7) is 0. The van der Waals surface area contributed by atoms with Gasteiger partial charge in [0.1, 0.15) is 5.65 Å². The van der Waals surface area contributed by atoms with Gasteiger partial charge in [0.25, 0.3) is 0 Å². The highest BCUT2D eigenvalue weighted by atomic mass is 31.2. The van der Waals surface area contributed by atoms with Crippen LogP contribution in [0.4, 0.5) is 0 Å². The average Bonchev–Trinajstić information content (AvgIpc) is 3.48. The van der Waals surface area contributed by atoms with Crippen LogP contribution in [-0.4, -0.2) is 9.38 Å². The molecule has 6 aromatic carbocycles. The van der Waals surface area contributed by atoms with E-state index < -0.39 is 7.14 Å². The smallest absolute Gasteiger partial charge is 0.171 e. The number of nitrogens with zero attached hydrogens (tertiary/aromatic N) is 2. The zero-order valence-corrected chi connectivity index (χ0v) is 24.2. The minimum absolute atomic E-state index is 0.833. The molecule has 8 rings (SSSR count). The van der Waals surface area contributed by atoms with Gasteiger partial charge in [-0.25, -0.2) is 4.98 Å². The van der Waals surface area contributed by atoms with Crippen molar-refractivity contribution in [2.24, 2.45) is 0 Å². The highest BCUT2D eigenvalue weighted by molar-refractivity contribution is 7.85. The molecular formula is C39H27N2OP. The quantitative estimate of drug-likeness (QED) is 0.194. The molecule has 2 aromatic heterocycles. The summed E-state index contributed by atoms with van der Waals surface area (Å²) in [5.74, 6) is 0. The van der Waals surface area contributed by atoms with Crippen LogP contribution >= 0.6 is 7.14 Å². The average molecular weight is 571 g/mol. The third kappa shape index (κ3) is 4.29. The summed E-state index contributed by atoms with van der Waals surface area (Å²) in [5, 5.41) is 3.70. The molecule has 0 bridgehead atoms. The first-order chi connectivity index (χ1) is 21.2. The van der Waals surface area contributed by atoms with Gasteiger partial charge in [0.2, 0.25) is 0 Å². The molecule has 0 saturated heterocycles. The summed E-state index contributed by atoms with van der Waals surface area (Å²) in [5.41, 5.74) is 8.73. The first-order valence-corrected chi connectivity index (χ1v) is 16.1. The zero-order chi connectivity index (χ0) is 28.8. The molecule has 8 aromatic rings. The molecule has 204 valence electrons. The Labute approximate surface area is 250 Å². The molecule has 0 aliphatic carbocycles. The largest absolute Gasteiger partial charge is 0.309 e. The lowest BCUT2D eigenvalue weighted by Gasteiger charge is -2.20. The van der Waals surface area contributed by atoms with Gasteiger partial charge in [-0.05, 0) is 58.0 Å². The Hall–Kier alpha value is -5.24. The van der Waals surface area contributed by atoms with E-state index in [4.69, 9.17) is 4.98 Å². The molecule has 0 radical (unpaired) electrons. The molecule has 43 heavy (non-hydrogen) atoms. The standard InChI is InChI=1S/C39H27N2OP/c42-43(33-9-3-1-4-10-33,34-11-5-2-6-12-34)35-24-21-29(22-25-35)28-15-17-30(18-16-28)32-20-19-31-23-26-39-40-36-13-7-8-14-37(36)41(39)38(31)27-32/h1-27H. The highest BCUT2D eigenvalue weighted by Gasteiger charge is 2.29. The van der Waals surface area contributed by atoms with Crippen molar-refractivity contribution in [2.45, 2.75) is 0 Å². The van der Waals surface area contributed by atoms with Gasteiger partial charge in [0, 0.05) is 15.9 Å². The Bertz CT molecular complexity index is 2250. The van der Waals surface area contributed by atoms with E-state index in [-0.39, 0.29) is 0 Å². The summed E-state index contributed by atoms with van der Waals surface area (Å²) in [4.78, 5) is 4.81. The second-order valence-corrected chi connectivity index (χ2v) is 13.6. The van der Waals surface area contributed by atoms with Crippen LogP contribution in [0.15, 0.2) is 164 Å². The minimum atomic E-state index is -2.99. The SMILES string of the molecule is O=P(c1ccccc1)(c1ccccc1)c1ccc(-c2ccc(-c3ccc4ccc5nc6ccccc6n5c4c3)cc2)cc1. The Balaban J connectivity index is 1.14. The Morgan fingerprint density at radius 2 is 0.930 bits per heavy atom. The van der Waals surface area contributed by atoms with Crippen molar-refractivity contribution < 1.29 is 4.57 Å². The van der Waals surface area contributed by atoms with Crippen LogP contribution in [-0.2, 0) is 4.57 Å². The third-order valence-electron chi connectivity index (χ3n) is 8.29. The van der Waals surface area contributed by atoms with Crippen LogP contribution < -0.4 is 15.9 Å². The first kappa shape index (κ1) is 25.5. The minimum Gasteiger partial charge on any atom is -0.309 e. The van der Waals surface area contributed by atoms with E-state index in [1.807, 2.05) is 78.9 Å². The van der Waals surface area contributed by atoms with Crippen molar-refractivity contribution in [3.63, 3.8) is 0 Å². The zero-order valence-electron chi connectivity index (χ0n) is 23.3. The molecule has 0 fully saturated rings. The van der Waals surface area contributed by atoms with Gasteiger partial charge < -0.3 is 4.57 Å². The van der Waals surface area contributed by atoms with Crippen molar-refractivity contribution in [2.75, 3.05) is 0 Å². The number of imidazole rings is 1. The fourth-order valence-corrected chi connectivity index (χ4v) is 8.72. The van der Waals surface area contributed by atoms with E-state index in [1.54, 1.807) is 0 Å². The van der Waals surface area contributed by atoms with Crippen molar-refractivity contribution in [3.8, 4) is 22.3 Å². The van der Waals surface area contributed by atoms with E-state index in [0.717, 1.165) is 60.4 Å². The predicted molar refractivity (Wildman–Crippen MR) is 180 cm³/mol. The molecular weight excluding hydrogens is 543 g/mol. The summed E-state index contributed by atoms with van der Waals surface area (Å²) < 4.78 is 16.9. The number of pyridine rings is 1. The van der Waals surface area contributed by atoms with Crippen LogP contribution in [0, 0.1) is 0 Å². The fourth-order valence-electron chi connectivity index (χ4n) is 6.07. The Morgan fingerprint density at radius 3 is 1.58 bits per heavy atom. The molecule has 0 unspecified atom stereocenters. The van der Waals surface area contributed by atoms with Crippen LogP contribution in [0.5, 0.6) is 0 Å². The molecule has 0 N–H and O–H groups in total. The number of rotatable bonds is 5. The summed E-state index contributed by atoms with van der Waals surface area (Å²) in [6.07, 6.45) is 0. The lowest BCUT2D eigenvalue weighted by molar-refractivity contribution is 0.592. The molecule has 4 heteroatoms. The number of hydrogen-bond acceptors (Lipinski definition) is 2. The second kappa shape index (κ2) is 10.2. The topological polar surface area (TPSA) is 34.4 Å². The predicted octanol–water partition coefficient (Wildman–Crippen LogP) is 8.61. The number of aromatic nitrogens is 2. The van der Waals surface area contributed by atoms with Gasteiger partial charge in [0.15, 0.2) is 7.14 Å². The van der Waals surface area contributed by atoms with Crippen molar-refractivity contribution in [3.05, 3.63) is 164 Å². The maximum Gasteiger partial charge on any atom is 0.171 e. The molecule has 3 nitrogen and oxygen atoms in total. The fraction of sp³-hybridized carbons (Fsp3) is 0. The Morgan fingerprint density at radius 1 is 0.442 bits per heavy atom. The van der Waals surface area contributed by atoms with E-state index in [1.165, 1.54) is 5.39 Å². The normalized spacial score (nSPS) is 11.8. The lowest BCUT2D eigenvalue weighted by Crippen LogP contribution is -2.24. The monoisotopic (exact) mass is 570 g/mol. The van der Waals surface area contributed by atoms with Gasteiger partial charge >= 0.3 is 0 Å². The first-order valence-electron chi connectivity index (χ1n) is 14.4. The van der Waals surface area contributed by atoms with Crippen LogP contribution in [0.2, 0.25) is 0 Å². The highest BCUT2D eigenvalue weighted by Crippen LogP contribution is 2.42. The van der Waals surface area contributed by atoms with Crippen LogP contribution in [0.3, 0.4) is 0 Å². The number of para-hydroxylation sites is 2. The second-order valence-electron chi connectivity index (χ2n) is 10.8. The van der Waals surface area contributed by atoms with Gasteiger partial charge in [-0.3, -0.25) is 4.40 Å². The summed E-state index contributed by atoms with van der Waals surface area (Å²) in [7, 11) is -2.99. The van der Waals surface area contributed by atoms with E-state index in [2.05, 4.69) is 89.3 Å². The molecule has 2 heterocycles. The summed E-state index contributed by atoms with van der Waals surface area (Å²) >= 11 is 0. The maximum atomic E-state index is 14.7. The van der Waals surface area contributed by atoms with Gasteiger partial charge in [0.05, 0.1) is 16.6 Å².